The SMILES string of the molecule is CC1(C)c2nc(N3CCC(N4C5CCCC4CC5)CC3)sc2C(=O)c2c1[nH]c1cc(C#N)ccc21. The summed E-state index contributed by atoms with van der Waals surface area (Å²) in [6, 6.07) is 10.1. The number of aromatic nitrogens is 2. The number of piperidine rings is 2. The Morgan fingerprint density at radius 2 is 1.80 bits per heavy atom. The molecule has 35 heavy (non-hydrogen) atoms. The van der Waals surface area contributed by atoms with Gasteiger partial charge in [0.25, 0.3) is 0 Å². The van der Waals surface area contributed by atoms with E-state index >= 15 is 0 Å². The van der Waals surface area contributed by atoms with Gasteiger partial charge in [0, 0.05) is 53.2 Å². The lowest BCUT2D eigenvalue weighted by Gasteiger charge is -2.44. The highest BCUT2D eigenvalue weighted by atomic mass is 32.1. The Balaban J connectivity index is 1.17. The van der Waals surface area contributed by atoms with Crippen molar-refractivity contribution >= 4 is 33.2 Å². The molecule has 7 rings (SSSR count). The van der Waals surface area contributed by atoms with Gasteiger partial charge in [0.2, 0.25) is 5.78 Å². The van der Waals surface area contributed by atoms with E-state index in [1.807, 2.05) is 12.1 Å². The minimum absolute atomic E-state index is 0.0637. The Bertz CT molecular complexity index is 1370. The van der Waals surface area contributed by atoms with Gasteiger partial charge in [-0.1, -0.05) is 23.8 Å². The summed E-state index contributed by atoms with van der Waals surface area (Å²) in [5.41, 5.74) is 3.59. The Morgan fingerprint density at radius 3 is 2.51 bits per heavy atom. The molecule has 5 heterocycles. The monoisotopic (exact) mass is 485 g/mol. The summed E-state index contributed by atoms with van der Waals surface area (Å²) in [4.78, 5) is 28.4. The first-order valence-electron chi connectivity index (χ1n) is 13.1. The van der Waals surface area contributed by atoms with Crippen LogP contribution in [0.4, 0.5) is 5.13 Å². The van der Waals surface area contributed by atoms with Crippen LogP contribution in [-0.2, 0) is 5.41 Å². The lowest BCUT2D eigenvalue weighted by atomic mass is 9.77. The number of nitrogens with zero attached hydrogens (tertiary/aromatic N) is 4. The number of fused-ring (bicyclic) bond motifs is 6. The van der Waals surface area contributed by atoms with E-state index in [-0.39, 0.29) is 5.78 Å². The van der Waals surface area contributed by atoms with E-state index in [9.17, 15) is 10.1 Å². The number of aromatic amines is 1. The van der Waals surface area contributed by atoms with Gasteiger partial charge in [0.15, 0.2) is 5.13 Å². The molecule has 3 aliphatic heterocycles. The fourth-order valence-electron chi connectivity index (χ4n) is 7.33. The zero-order valence-corrected chi connectivity index (χ0v) is 21.2. The molecule has 1 N–H and O–H groups in total. The zero-order valence-electron chi connectivity index (χ0n) is 20.4. The Kier molecular flexibility index (Phi) is 4.72. The van der Waals surface area contributed by atoms with Gasteiger partial charge < -0.3 is 9.88 Å². The number of hydrogen-bond donors (Lipinski definition) is 1. The van der Waals surface area contributed by atoms with Crippen molar-refractivity contribution in [2.75, 3.05) is 18.0 Å². The van der Waals surface area contributed by atoms with Crippen molar-refractivity contribution in [1.29, 1.82) is 5.26 Å². The molecule has 7 heteroatoms. The molecule has 3 aromatic rings. The second-order valence-corrected chi connectivity index (χ2v) is 12.3. The quantitative estimate of drug-likeness (QED) is 0.529. The van der Waals surface area contributed by atoms with Crippen molar-refractivity contribution in [3.05, 3.63) is 45.6 Å². The molecule has 3 saturated heterocycles. The first kappa shape index (κ1) is 21.6. The molecule has 0 radical (unpaired) electrons. The van der Waals surface area contributed by atoms with Gasteiger partial charge in [-0.25, -0.2) is 4.98 Å². The summed E-state index contributed by atoms with van der Waals surface area (Å²) < 4.78 is 0. The van der Waals surface area contributed by atoms with Gasteiger partial charge in [-0.3, -0.25) is 9.69 Å². The van der Waals surface area contributed by atoms with Crippen LogP contribution in [0, 0.1) is 11.3 Å². The van der Waals surface area contributed by atoms with E-state index in [0.717, 1.165) is 63.0 Å². The number of thiazole rings is 1. The van der Waals surface area contributed by atoms with Crippen molar-refractivity contribution in [2.24, 2.45) is 0 Å². The molecule has 2 bridgehead atoms. The van der Waals surface area contributed by atoms with Crippen LogP contribution in [0.3, 0.4) is 0 Å². The van der Waals surface area contributed by atoms with Gasteiger partial charge in [0.05, 0.1) is 22.9 Å². The maximum Gasteiger partial charge on any atom is 0.207 e. The van der Waals surface area contributed by atoms with Gasteiger partial charge in [-0.05, 0) is 64.5 Å². The number of carbonyl (C=O) groups is 1. The van der Waals surface area contributed by atoms with Crippen LogP contribution in [-0.4, -0.2) is 51.9 Å². The number of ketones is 1. The number of carbonyl (C=O) groups excluding carboxylic acids is 1. The van der Waals surface area contributed by atoms with E-state index in [4.69, 9.17) is 4.98 Å². The predicted molar refractivity (Wildman–Crippen MR) is 138 cm³/mol. The minimum atomic E-state index is -0.398. The molecule has 3 fully saturated rings. The van der Waals surface area contributed by atoms with Crippen LogP contribution in [0.1, 0.15) is 91.0 Å². The average molecular weight is 486 g/mol. The van der Waals surface area contributed by atoms with Crippen LogP contribution in [0.2, 0.25) is 0 Å². The van der Waals surface area contributed by atoms with Gasteiger partial charge in [-0.2, -0.15) is 5.26 Å². The molecule has 0 spiro atoms. The summed E-state index contributed by atoms with van der Waals surface area (Å²) >= 11 is 1.57. The van der Waals surface area contributed by atoms with Crippen molar-refractivity contribution in [2.45, 2.75) is 82.3 Å². The smallest absolute Gasteiger partial charge is 0.207 e. The second kappa shape index (κ2) is 7.65. The maximum atomic E-state index is 13.7. The largest absolute Gasteiger partial charge is 0.357 e. The average Bonchev–Trinajstić information content (AvgIpc) is 3.55. The predicted octanol–water partition coefficient (Wildman–Crippen LogP) is 5.35. The minimum Gasteiger partial charge on any atom is -0.357 e. The van der Waals surface area contributed by atoms with E-state index in [1.54, 1.807) is 17.4 Å². The lowest BCUT2D eigenvalue weighted by Crippen LogP contribution is -2.51. The molecule has 0 amide bonds. The van der Waals surface area contributed by atoms with Crippen molar-refractivity contribution < 1.29 is 4.79 Å². The number of nitrogens with one attached hydrogen (secondary N) is 1. The van der Waals surface area contributed by atoms with Crippen molar-refractivity contribution in [1.82, 2.24) is 14.9 Å². The van der Waals surface area contributed by atoms with E-state index in [0.29, 0.717) is 11.6 Å². The Morgan fingerprint density at radius 1 is 1.09 bits per heavy atom. The van der Waals surface area contributed by atoms with Crippen LogP contribution in [0.15, 0.2) is 18.2 Å². The Hall–Kier alpha value is -2.69. The number of benzene rings is 1. The number of rotatable bonds is 2. The molecule has 0 saturated carbocycles. The third-order valence-electron chi connectivity index (χ3n) is 9.10. The molecule has 1 aliphatic carbocycles. The van der Waals surface area contributed by atoms with E-state index in [2.05, 4.69) is 34.7 Å². The molecule has 2 atom stereocenters. The van der Waals surface area contributed by atoms with Crippen LogP contribution < -0.4 is 4.90 Å². The molecule has 1 aromatic carbocycles. The molecule has 6 nitrogen and oxygen atoms in total. The maximum absolute atomic E-state index is 13.7. The zero-order chi connectivity index (χ0) is 23.9. The lowest BCUT2D eigenvalue weighted by molar-refractivity contribution is 0.0726. The summed E-state index contributed by atoms with van der Waals surface area (Å²) in [7, 11) is 0. The fourth-order valence-corrected chi connectivity index (χ4v) is 8.56. The molecule has 2 aromatic heterocycles. The fraction of sp³-hybridized carbons (Fsp3) is 0.536. The molecule has 4 aliphatic rings. The summed E-state index contributed by atoms with van der Waals surface area (Å²) in [5.74, 6) is 0.0637. The van der Waals surface area contributed by atoms with E-state index in [1.165, 1.54) is 44.9 Å². The first-order chi connectivity index (χ1) is 17.0. The standard InChI is InChI=1S/C28H31N5OS/c1-28(2)25-22(20-9-6-16(15-29)14-21(20)30-25)23(34)24-26(28)31-27(35-24)32-12-10-19(11-13-32)33-17-4-3-5-18(33)8-7-17/h6,9,14,17-19,30H,3-5,7-8,10-13H2,1-2H3. The van der Waals surface area contributed by atoms with Gasteiger partial charge in [-0.15, -0.1) is 0 Å². The van der Waals surface area contributed by atoms with Crippen LogP contribution in [0.5, 0.6) is 0 Å². The molecular formula is C28H31N5OS. The third-order valence-corrected chi connectivity index (χ3v) is 10.2. The number of anilines is 1. The normalized spacial score (nSPS) is 26.1. The van der Waals surface area contributed by atoms with Gasteiger partial charge >= 0.3 is 0 Å². The van der Waals surface area contributed by atoms with Crippen LogP contribution in [0.25, 0.3) is 10.9 Å². The summed E-state index contributed by atoms with van der Waals surface area (Å²) in [6.45, 7) is 6.35. The Labute approximate surface area is 209 Å². The molecule has 2 unspecified atom stereocenters. The highest BCUT2D eigenvalue weighted by Gasteiger charge is 2.44. The molecular weight excluding hydrogens is 454 g/mol. The highest BCUT2D eigenvalue weighted by molar-refractivity contribution is 7.18. The number of H-pyrrole nitrogens is 1. The topological polar surface area (TPSA) is 76.0 Å². The van der Waals surface area contributed by atoms with E-state index < -0.39 is 5.41 Å². The van der Waals surface area contributed by atoms with Crippen molar-refractivity contribution in [3.63, 3.8) is 0 Å². The summed E-state index contributed by atoms with van der Waals surface area (Å²) in [6.07, 6.45) is 9.37. The molecule has 180 valence electrons. The van der Waals surface area contributed by atoms with Crippen molar-refractivity contribution in [3.8, 4) is 6.07 Å². The summed E-state index contributed by atoms with van der Waals surface area (Å²) in [5, 5.41) is 11.2. The first-order valence-corrected chi connectivity index (χ1v) is 13.9. The van der Waals surface area contributed by atoms with Gasteiger partial charge in [0.1, 0.15) is 4.88 Å². The second-order valence-electron chi connectivity index (χ2n) is 11.4. The number of hydrogen-bond acceptors (Lipinski definition) is 6. The van der Waals surface area contributed by atoms with Crippen LogP contribution >= 0.6 is 11.3 Å². The third kappa shape index (κ3) is 3.09. The highest BCUT2D eigenvalue weighted by Crippen LogP contribution is 2.47. The number of nitriles is 1.